The first-order chi connectivity index (χ1) is 6.74. The average molecular weight is 196 g/mol. The van der Waals surface area contributed by atoms with Crippen molar-refractivity contribution in [3.8, 4) is 0 Å². The first-order valence-corrected chi connectivity index (χ1v) is 6.21. The zero-order valence-corrected chi connectivity index (χ0v) is 9.55. The summed E-state index contributed by atoms with van der Waals surface area (Å²) in [6.07, 6.45) is 5.53. The summed E-state index contributed by atoms with van der Waals surface area (Å²) in [6, 6.07) is 1.54. The largest absolute Gasteiger partial charge is 0.315 e. The molecule has 2 heteroatoms. The van der Waals surface area contributed by atoms with Crippen LogP contribution in [-0.2, 0) is 0 Å². The highest BCUT2D eigenvalue weighted by Crippen LogP contribution is 2.28. The molecule has 2 aliphatic rings. The first-order valence-electron chi connectivity index (χ1n) is 6.21. The molecule has 1 saturated heterocycles. The van der Waals surface area contributed by atoms with Crippen LogP contribution in [-0.4, -0.2) is 25.2 Å². The second-order valence-electron chi connectivity index (χ2n) is 5.47. The molecule has 0 spiro atoms. The lowest BCUT2D eigenvalue weighted by molar-refractivity contribution is 0.228. The molecule has 0 bridgehead atoms. The van der Waals surface area contributed by atoms with Crippen LogP contribution in [0.15, 0.2) is 0 Å². The minimum Gasteiger partial charge on any atom is -0.315 e. The lowest BCUT2D eigenvalue weighted by Gasteiger charge is -2.33. The summed E-state index contributed by atoms with van der Waals surface area (Å²) in [5.74, 6) is 1.84. The van der Waals surface area contributed by atoms with Crippen LogP contribution in [0.3, 0.4) is 0 Å². The predicted molar refractivity (Wildman–Crippen MR) is 60.4 cm³/mol. The van der Waals surface area contributed by atoms with Gasteiger partial charge in [-0.25, -0.2) is 0 Å². The highest BCUT2D eigenvalue weighted by atomic mass is 15.0. The Hall–Kier alpha value is -0.0800. The summed E-state index contributed by atoms with van der Waals surface area (Å²) in [7, 11) is 0. The molecule has 2 N–H and O–H groups in total. The molecule has 2 nitrogen and oxygen atoms in total. The van der Waals surface area contributed by atoms with Crippen molar-refractivity contribution in [2.75, 3.05) is 13.1 Å². The standard InChI is InChI=1S/C12H24N2/c1-9-5-10(2)7-12(6-9)14-11-3-4-13-8-11/h9-14H,3-8H2,1-2H3. The summed E-state index contributed by atoms with van der Waals surface area (Å²) in [4.78, 5) is 0. The van der Waals surface area contributed by atoms with Gasteiger partial charge in [0, 0.05) is 18.6 Å². The number of nitrogens with one attached hydrogen (secondary N) is 2. The van der Waals surface area contributed by atoms with Crippen molar-refractivity contribution in [1.29, 1.82) is 0 Å². The Morgan fingerprint density at radius 1 is 1.00 bits per heavy atom. The van der Waals surface area contributed by atoms with Gasteiger partial charge >= 0.3 is 0 Å². The van der Waals surface area contributed by atoms with Crippen LogP contribution >= 0.6 is 0 Å². The fraction of sp³-hybridized carbons (Fsp3) is 1.00. The minimum absolute atomic E-state index is 0.748. The molecule has 1 saturated carbocycles. The van der Waals surface area contributed by atoms with Gasteiger partial charge in [-0.05, 0) is 44.1 Å². The SMILES string of the molecule is CC1CC(C)CC(NC2CCNC2)C1. The average Bonchev–Trinajstić information content (AvgIpc) is 2.54. The van der Waals surface area contributed by atoms with Crippen molar-refractivity contribution in [2.24, 2.45) is 11.8 Å². The molecule has 3 unspecified atom stereocenters. The maximum atomic E-state index is 3.82. The zero-order valence-electron chi connectivity index (χ0n) is 9.55. The first kappa shape index (κ1) is 10.4. The van der Waals surface area contributed by atoms with Crippen LogP contribution < -0.4 is 10.6 Å². The molecule has 82 valence electrons. The van der Waals surface area contributed by atoms with E-state index in [1.165, 1.54) is 38.8 Å². The van der Waals surface area contributed by atoms with Crippen molar-refractivity contribution in [2.45, 2.75) is 51.6 Å². The molecule has 0 aromatic rings. The molecule has 1 heterocycles. The van der Waals surface area contributed by atoms with E-state index in [2.05, 4.69) is 24.5 Å². The molecular formula is C12H24N2. The molecule has 0 aromatic heterocycles. The quantitative estimate of drug-likeness (QED) is 0.703. The van der Waals surface area contributed by atoms with Crippen LogP contribution in [0.25, 0.3) is 0 Å². The van der Waals surface area contributed by atoms with Gasteiger partial charge in [-0.3, -0.25) is 0 Å². The highest BCUT2D eigenvalue weighted by molar-refractivity contribution is 4.85. The topological polar surface area (TPSA) is 24.1 Å². The Bertz CT molecular complexity index is 165. The van der Waals surface area contributed by atoms with E-state index in [0.29, 0.717) is 0 Å². The fourth-order valence-electron chi connectivity index (χ4n) is 3.21. The van der Waals surface area contributed by atoms with Crippen LogP contribution in [0, 0.1) is 11.8 Å². The summed E-state index contributed by atoms with van der Waals surface area (Å²) >= 11 is 0. The second kappa shape index (κ2) is 4.63. The van der Waals surface area contributed by atoms with Crippen LogP contribution in [0.2, 0.25) is 0 Å². The summed E-state index contributed by atoms with van der Waals surface area (Å²) in [5, 5.41) is 7.24. The van der Waals surface area contributed by atoms with E-state index >= 15 is 0 Å². The van der Waals surface area contributed by atoms with Gasteiger partial charge < -0.3 is 10.6 Å². The summed E-state index contributed by atoms with van der Waals surface area (Å²) < 4.78 is 0. The van der Waals surface area contributed by atoms with Crippen molar-refractivity contribution >= 4 is 0 Å². The lowest BCUT2D eigenvalue weighted by Crippen LogP contribution is -2.43. The molecule has 2 rings (SSSR count). The smallest absolute Gasteiger partial charge is 0.0207 e. The normalized spacial score (nSPS) is 44.1. The maximum Gasteiger partial charge on any atom is 0.0207 e. The van der Waals surface area contributed by atoms with E-state index in [9.17, 15) is 0 Å². The van der Waals surface area contributed by atoms with Gasteiger partial charge in [-0.1, -0.05) is 13.8 Å². The van der Waals surface area contributed by atoms with E-state index in [-0.39, 0.29) is 0 Å². The fourth-order valence-corrected chi connectivity index (χ4v) is 3.21. The Balaban J connectivity index is 1.78. The van der Waals surface area contributed by atoms with Crippen LogP contribution in [0.4, 0.5) is 0 Å². The predicted octanol–water partition coefficient (Wildman–Crippen LogP) is 1.76. The lowest BCUT2D eigenvalue weighted by atomic mass is 9.80. The van der Waals surface area contributed by atoms with Gasteiger partial charge in [0.05, 0.1) is 0 Å². The zero-order chi connectivity index (χ0) is 9.97. The van der Waals surface area contributed by atoms with Gasteiger partial charge in [0.15, 0.2) is 0 Å². The third-order valence-electron chi connectivity index (χ3n) is 3.71. The van der Waals surface area contributed by atoms with E-state index in [4.69, 9.17) is 0 Å². The van der Waals surface area contributed by atoms with Gasteiger partial charge in [0.25, 0.3) is 0 Å². The molecule has 1 aliphatic carbocycles. The maximum absolute atomic E-state index is 3.82. The molecule has 0 amide bonds. The molecule has 2 fully saturated rings. The Labute approximate surface area is 87.8 Å². The molecular weight excluding hydrogens is 172 g/mol. The minimum atomic E-state index is 0.748. The summed E-state index contributed by atoms with van der Waals surface area (Å²) in [6.45, 7) is 7.18. The molecule has 0 aromatic carbocycles. The van der Waals surface area contributed by atoms with Crippen molar-refractivity contribution in [3.05, 3.63) is 0 Å². The van der Waals surface area contributed by atoms with E-state index in [1.54, 1.807) is 0 Å². The van der Waals surface area contributed by atoms with Crippen molar-refractivity contribution < 1.29 is 0 Å². The van der Waals surface area contributed by atoms with Crippen LogP contribution in [0.5, 0.6) is 0 Å². The third kappa shape index (κ3) is 2.71. The van der Waals surface area contributed by atoms with Gasteiger partial charge in [0.2, 0.25) is 0 Å². The highest BCUT2D eigenvalue weighted by Gasteiger charge is 2.26. The van der Waals surface area contributed by atoms with Gasteiger partial charge in [-0.15, -0.1) is 0 Å². The van der Waals surface area contributed by atoms with Crippen LogP contribution in [0.1, 0.15) is 39.5 Å². The van der Waals surface area contributed by atoms with Crippen molar-refractivity contribution in [1.82, 2.24) is 10.6 Å². The van der Waals surface area contributed by atoms with Gasteiger partial charge in [0.1, 0.15) is 0 Å². The number of rotatable bonds is 2. The van der Waals surface area contributed by atoms with E-state index in [0.717, 1.165) is 23.9 Å². The Morgan fingerprint density at radius 2 is 1.71 bits per heavy atom. The van der Waals surface area contributed by atoms with Crippen molar-refractivity contribution in [3.63, 3.8) is 0 Å². The molecule has 3 atom stereocenters. The number of hydrogen-bond acceptors (Lipinski definition) is 2. The number of hydrogen-bond donors (Lipinski definition) is 2. The third-order valence-corrected chi connectivity index (χ3v) is 3.71. The van der Waals surface area contributed by atoms with E-state index < -0.39 is 0 Å². The Kier molecular flexibility index (Phi) is 3.45. The Morgan fingerprint density at radius 3 is 2.29 bits per heavy atom. The molecule has 14 heavy (non-hydrogen) atoms. The second-order valence-corrected chi connectivity index (χ2v) is 5.47. The summed E-state index contributed by atoms with van der Waals surface area (Å²) in [5.41, 5.74) is 0. The van der Waals surface area contributed by atoms with Gasteiger partial charge in [-0.2, -0.15) is 0 Å². The molecule has 1 aliphatic heterocycles. The van der Waals surface area contributed by atoms with E-state index in [1.807, 2.05) is 0 Å². The molecule has 0 radical (unpaired) electrons. The monoisotopic (exact) mass is 196 g/mol.